The summed E-state index contributed by atoms with van der Waals surface area (Å²) in [6, 6.07) is 6.35. The highest BCUT2D eigenvalue weighted by Crippen LogP contribution is 2.23. The molecular formula is C21H36IN3O2. The van der Waals surface area contributed by atoms with Gasteiger partial charge in [-0.05, 0) is 44.2 Å². The number of ether oxygens (including phenoxy) is 2. The molecule has 27 heavy (non-hydrogen) atoms. The molecule has 1 atom stereocenters. The third-order valence-electron chi connectivity index (χ3n) is 4.49. The zero-order valence-electron chi connectivity index (χ0n) is 17.2. The van der Waals surface area contributed by atoms with Gasteiger partial charge >= 0.3 is 0 Å². The second-order valence-electron chi connectivity index (χ2n) is 7.46. The normalized spacial score (nSPS) is 16.9. The maximum absolute atomic E-state index is 6.12. The first-order valence-electron chi connectivity index (χ1n) is 9.90. The molecule has 1 aromatic rings. The number of nitrogens with one attached hydrogen (secondary N) is 2. The van der Waals surface area contributed by atoms with E-state index in [2.05, 4.69) is 56.5 Å². The molecule has 0 saturated carbocycles. The number of guanidine groups is 1. The molecule has 154 valence electrons. The molecule has 1 saturated heterocycles. The molecule has 1 unspecified atom stereocenters. The van der Waals surface area contributed by atoms with E-state index in [4.69, 9.17) is 14.5 Å². The topological polar surface area (TPSA) is 54.9 Å². The highest BCUT2D eigenvalue weighted by Gasteiger charge is 2.17. The van der Waals surface area contributed by atoms with E-state index in [0.717, 1.165) is 56.4 Å². The third kappa shape index (κ3) is 9.14. The summed E-state index contributed by atoms with van der Waals surface area (Å²) in [5.41, 5.74) is 2.33. The van der Waals surface area contributed by atoms with Crippen LogP contribution in [0.4, 0.5) is 0 Å². The minimum Gasteiger partial charge on any atom is -0.493 e. The Labute approximate surface area is 181 Å². The molecule has 1 aliphatic rings. The number of halogens is 1. The molecule has 0 amide bonds. The number of hydrogen-bond donors (Lipinski definition) is 2. The van der Waals surface area contributed by atoms with Crippen LogP contribution in [-0.4, -0.2) is 38.9 Å². The molecule has 0 aliphatic carbocycles. The number of aliphatic imine (C=N–C) groups is 1. The van der Waals surface area contributed by atoms with Crippen LogP contribution in [0, 0.1) is 18.8 Å². The Morgan fingerprint density at radius 1 is 1.33 bits per heavy atom. The maximum Gasteiger partial charge on any atom is 0.191 e. The van der Waals surface area contributed by atoms with Crippen LogP contribution in [0.5, 0.6) is 5.75 Å². The maximum atomic E-state index is 6.12. The smallest absolute Gasteiger partial charge is 0.191 e. The van der Waals surface area contributed by atoms with Crippen molar-refractivity contribution < 1.29 is 9.47 Å². The lowest BCUT2D eigenvalue weighted by atomic mass is 10.1. The van der Waals surface area contributed by atoms with E-state index in [9.17, 15) is 0 Å². The number of hydrogen-bond acceptors (Lipinski definition) is 3. The van der Waals surface area contributed by atoms with Gasteiger partial charge in [-0.2, -0.15) is 0 Å². The summed E-state index contributed by atoms with van der Waals surface area (Å²) in [7, 11) is 0. The lowest BCUT2D eigenvalue weighted by molar-refractivity contribution is 0.166. The highest BCUT2D eigenvalue weighted by atomic mass is 127. The average Bonchev–Trinajstić information content (AvgIpc) is 3.12. The quantitative estimate of drug-likeness (QED) is 0.311. The Morgan fingerprint density at radius 3 is 2.81 bits per heavy atom. The Balaban J connectivity index is 0.00000364. The molecule has 1 fully saturated rings. The molecular weight excluding hydrogens is 453 g/mol. The fourth-order valence-corrected chi connectivity index (χ4v) is 2.83. The van der Waals surface area contributed by atoms with Gasteiger partial charge in [0, 0.05) is 31.2 Å². The third-order valence-corrected chi connectivity index (χ3v) is 4.49. The summed E-state index contributed by atoms with van der Waals surface area (Å²) in [6.45, 7) is 13.4. The molecule has 5 nitrogen and oxygen atoms in total. The van der Waals surface area contributed by atoms with Gasteiger partial charge in [0.25, 0.3) is 0 Å². The first-order chi connectivity index (χ1) is 12.6. The number of rotatable bonds is 9. The first-order valence-corrected chi connectivity index (χ1v) is 9.90. The van der Waals surface area contributed by atoms with Crippen LogP contribution in [0.1, 0.15) is 44.7 Å². The lowest BCUT2D eigenvalue weighted by Crippen LogP contribution is -2.38. The van der Waals surface area contributed by atoms with Crippen molar-refractivity contribution in [2.24, 2.45) is 16.8 Å². The summed E-state index contributed by atoms with van der Waals surface area (Å²) in [5, 5.41) is 6.73. The summed E-state index contributed by atoms with van der Waals surface area (Å²) >= 11 is 0. The molecule has 0 aromatic heterocycles. The van der Waals surface area contributed by atoms with Crippen LogP contribution >= 0.6 is 24.0 Å². The zero-order chi connectivity index (χ0) is 18.8. The average molecular weight is 489 g/mol. The second-order valence-corrected chi connectivity index (χ2v) is 7.46. The van der Waals surface area contributed by atoms with E-state index in [-0.39, 0.29) is 24.0 Å². The van der Waals surface area contributed by atoms with Crippen molar-refractivity contribution in [1.29, 1.82) is 0 Å². The molecule has 1 aliphatic heterocycles. The van der Waals surface area contributed by atoms with E-state index < -0.39 is 0 Å². The van der Waals surface area contributed by atoms with Gasteiger partial charge in [-0.3, -0.25) is 0 Å². The van der Waals surface area contributed by atoms with Gasteiger partial charge in [0.2, 0.25) is 0 Å². The molecule has 1 heterocycles. The summed E-state index contributed by atoms with van der Waals surface area (Å²) < 4.78 is 11.6. The Morgan fingerprint density at radius 2 is 2.15 bits per heavy atom. The highest BCUT2D eigenvalue weighted by molar-refractivity contribution is 14.0. The van der Waals surface area contributed by atoms with E-state index >= 15 is 0 Å². The van der Waals surface area contributed by atoms with E-state index in [1.807, 2.05) is 0 Å². The first kappa shape index (κ1) is 24.0. The summed E-state index contributed by atoms with van der Waals surface area (Å²) in [6.07, 6.45) is 2.22. The van der Waals surface area contributed by atoms with Crippen LogP contribution in [0.15, 0.2) is 23.2 Å². The Bertz CT molecular complexity index is 573. The lowest BCUT2D eigenvalue weighted by Gasteiger charge is -2.15. The molecule has 0 bridgehead atoms. The van der Waals surface area contributed by atoms with Crippen molar-refractivity contribution in [1.82, 2.24) is 10.6 Å². The molecule has 0 radical (unpaired) electrons. The van der Waals surface area contributed by atoms with Crippen molar-refractivity contribution in [3.8, 4) is 5.75 Å². The van der Waals surface area contributed by atoms with Gasteiger partial charge in [-0.1, -0.05) is 26.0 Å². The van der Waals surface area contributed by atoms with Crippen molar-refractivity contribution in [2.75, 3.05) is 32.9 Å². The van der Waals surface area contributed by atoms with Crippen molar-refractivity contribution in [2.45, 2.75) is 47.1 Å². The number of benzene rings is 1. The van der Waals surface area contributed by atoms with Crippen LogP contribution in [0.2, 0.25) is 0 Å². The predicted octanol–water partition coefficient (Wildman–Crippen LogP) is 4.13. The van der Waals surface area contributed by atoms with Gasteiger partial charge in [0.05, 0.1) is 19.8 Å². The van der Waals surface area contributed by atoms with E-state index in [1.165, 1.54) is 5.56 Å². The minimum atomic E-state index is 0. The van der Waals surface area contributed by atoms with Gasteiger partial charge in [0.15, 0.2) is 5.96 Å². The van der Waals surface area contributed by atoms with Gasteiger partial charge in [-0.25, -0.2) is 4.99 Å². The minimum absolute atomic E-state index is 0. The Kier molecular flexibility index (Phi) is 11.7. The SMILES string of the molecule is CCNC(=NCc1ccc(C)cc1OCC1CCOC1)NCCC(C)C.I. The molecule has 6 heteroatoms. The predicted molar refractivity (Wildman–Crippen MR) is 123 cm³/mol. The number of aryl methyl sites for hydroxylation is 1. The van der Waals surface area contributed by atoms with E-state index in [1.54, 1.807) is 0 Å². The number of nitrogens with zero attached hydrogens (tertiary/aromatic N) is 1. The van der Waals surface area contributed by atoms with Gasteiger partial charge in [0.1, 0.15) is 5.75 Å². The summed E-state index contributed by atoms with van der Waals surface area (Å²) in [5.74, 6) is 2.99. The largest absolute Gasteiger partial charge is 0.493 e. The van der Waals surface area contributed by atoms with Crippen LogP contribution in [0.25, 0.3) is 0 Å². The fourth-order valence-electron chi connectivity index (χ4n) is 2.83. The van der Waals surface area contributed by atoms with Crippen LogP contribution in [0.3, 0.4) is 0 Å². The van der Waals surface area contributed by atoms with E-state index in [0.29, 0.717) is 25.0 Å². The molecule has 2 N–H and O–H groups in total. The fraction of sp³-hybridized carbons (Fsp3) is 0.667. The van der Waals surface area contributed by atoms with Crippen LogP contribution < -0.4 is 15.4 Å². The molecule has 2 rings (SSSR count). The van der Waals surface area contributed by atoms with Crippen molar-refractivity contribution in [3.63, 3.8) is 0 Å². The molecule has 1 aromatic carbocycles. The monoisotopic (exact) mass is 489 g/mol. The van der Waals surface area contributed by atoms with Crippen molar-refractivity contribution >= 4 is 29.9 Å². The van der Waals surface area contributed by atoms with Crippen LogP contribution in [-0.2, 0) is 11.3 Å². The van der Waals surface area contributed by atoms with Gasteiger partial charge < -0.3 is 20.1 Å². The Hall–Kier alpha value is -1.02. The van der Waals surface area contributed by atoms with Gasteiger partial charge in [-0.15, -0.1) is 24.0 Å². The zero-order valence-corrected chi connectivity index (χ0v) is 19.5. The van der Waals surface area contributed by atoms with Crippen molar-refractivity contribution in [3.05, 3.63) is 29.3 Å². The molecule has 0 spiro atoms. The second kappa shape index (κ2) is 13.2. The standard InChI is InChI=1S/C21H35N3O2.HI/c1-5-22-21(23-10-8-16(2)3)24-13-19-7-6-17(4)12-20(19)26-15-18-9-11-25-14-18;/h6-7,12,16,18H,5,8-11,13-15H2,1-4H3,(H2,22,23,24);1H. The summed E-state index contributed by atoms with van der Waals surface area (Å²) in [4.78, 5) is 4.74.